The van der Waals surface area contributed by atoms with Crippen molar-refractivity contribution in [1.82, 2.24) is 0 Å². The van der Waals surface area contributed by atoms with Crippen molar-refractivity contribution >= 4 is 11.7 Å². The molecule has 0 aromatic heterocycles. The summed E-state index contributed by atoms with van der Waals surface area (Å²) in [5.74, 6) is -0.837. The molecule has 0 spiro atoms. The largest absolute Gasteiger partial charge is 0.467 e. The lowest BCUT2D eigenvalue weighted by Crippen LogP contribution is -2.52. The molecular formula is C13H16FNO3. The van der Waals surface area contributed by atoms with Gasteiger partial charge in [0.05, 0.1) is 18.9 Å². The van der Waals surface area contributed by atoms with Crippen molar-refractivity contribution < 1.29 is 18.7 Å². The first-order chi connectivity index (χ1) is 8.60. The molecule has 18 heavy (non-hydrogen) atoms. The lowest BCUT2D eigenvalue weighted by Gasteiger charge is -2.31. The summed E-state index contributed by atoms with van der Waals surface area (Å²) >= 11 is 0. The summed E-state index contributed by atoms with van der Waals surface area (Å²) < 4.78 is 23.9. The third-order valence-corrected chi connectivity index (χ3v) is 3.34. The number of benzene rings is 1. The average molecular weight is 253 g/mol. The SMILES string of the molecule is COC(=O)C1(Nc2ccccc2F)CCOC1C. The molecule has 5 heteroatoms. The monoisotopic (exact) mass is 253 g/mol. The van der Waals surface area contributed by atoms with Crippen molar-refractivity contribution in [1.29, 1.82) is 0 Å². The zero-order valence-electron chi connectivity index (χ0n) is 10.4. The molecule has 1 aromatic carbocycles. The molecule has 0 aliphatic carbocycles. The number of halogens is 1. The van der Waals surface area contributed by atoms with Gasteiger partial charge in [0.25, 0.3) is 0 Å². The van der Waals surface area contributed by atoms with Gasteiger partial charge in [-0.15, -0.1) is 0 Å². The molecular weight excluding hydrogens is 237 g/mol. The molecule has 1 aromatic rings. The molecule has 2 unspecified atom stereocenters. The second kappa shape index (κ2) is 4.94. The maximum atomic E-state index is 13.7. The number of carbonyl (C=O) groups is 1. The fourth-order valence-corrected chi connectivity index (χ4v) is 2.21. The Bertz CT molecular complexity index is 452. The molecule has 1 aliphatic rings. The first kappa shape index (κ1) is 12.8. The highest BCUT2D eigenvalue weighted by Gasteiger charge is 2.49. The summed E-state index contributed by atoms with van der Waals surface area (Å²) in [5, 5.41) is 2.95. The molecule has 2 rings (SSSR count). The van der Waals surface area contributed by atoms with Crippen LogP contribution in [-0.4, -0.2) is 31.3 Å². The minimum Gasteiger partial charge on any atom is -0.467 e. The second-order valence-electron chi connectivity index (χ2n) is 4.33. The zero-order chi connectivity index (χ0) is 13.2. The Hall–Kier alpha value is -1.62. The van der Waals surface area contributed by atoms with Crippen LogP contribution in [0.1, 0.15) is 13.3 Å². The van der Waals surface area contributed by atoms with Gasteiger partial charge in [-0.25, -0.2) is 9.18 Å². The average Bonchev–Trinajstić information content (AvgIpc) is 2.74. The number of hydrogen-bond donors (Lipinski definition) is 1. The van der Waals surface area contributed by atoms with E-state index in [-0.39, 0.29) is 11.8 Å². The van der Waals surface area contributed by atoms with E-state index in [1.165, 1.54) is 13.2 Å². The molecule has 0 amide bonds. The van der Waals surface area contributed by atoms with Crippen LogP contribution >= 0.6 is 0 Å². The van der Waals surface area contributed by atoms with E-state index in [1.54, 1.807) is 25.1 Å². The van der Waals surface area contributed by atoms with Crippen LogP contribution in [-0.2, 0) is 14.3 Å². The third kappa shape index (κ3) is 2.06. The van der Waals surface area contributed by atoms with E-state index >= 15 is 0 Å². The van der Waals surface area contributed by atoms with E-state index in [4.69, 9.17) is 9.47 Å². The molecule has 98 valence electrons. The van der Waals surface area contributed by atoms with Crippen LogP contribution in [0.5, 0.6) is 0 Å². The molecule has 1 aliphatic heterocycles. The van der Waals surface area contributed by atoms with Crippen molar-refractivity contribution in [3.63, 3.8) is 0 Å². The molecule has 1 saturated heterocycles. The van der Waals surface area contributed by atoms with Gasteiger partial charge in [-0.1, -0.05) is 12.1 Å². The number of carbonyl (C=O) groups excluding carboxylic acids is 1. The summed E-state index contributed by atoms with van der Waals surface area (Å²) in [4.78, 5) is 12.0. The van der Waals surface area contributed by atoms with Crippen LogP contribution in [0.2, 0.25) is 0 Å². The number of ether oxygens (including phenoxy) is 2. The fourth-order valence-electron chi connectivity index (χ4n) is 2.21. The van der Waals surface area contributed by atoms with Crippen LogP contribution in [0.15, 0.2) is 24.3 Å². The molecule has 1 heterocycles. The van der Waals surface area contributed by atoms with Gasteiger partial charge in [0.1, 0.15) is 5.82 Å². The second-order valence-corrected chi connectivity index (χ2v) is 4.33. The van der Waals surface area contributed by atoms with E-state index in [9.17, 15) is 9.18 Å². The minimum atomic E-state index is -1.02. The highest BCUT2D eigenvalue weighted by molar-refractivity contribution is 5.85. The van der Waals surface area contributed by atoms with Gasteiger partial charge in [0, 0.05) is 13.0 Å². The van der Waals surface area contributed by atoms with E-state index < -0.39 is 17.3 Å². The van der Waals surface area contributed by atoms with Crippen LogP contribution < -0.4 is 5.32 Å². The number of esters is 1. The van der Waals surface area contributed by atoms with Gasteiger partial charge < -0.3 is 14.8 Å². The van der Waals surface area contributed by atoms with Gasteiger partial charge >= 0.3 is 5.97 Å². The Morgan fingerprint density at radius 3 is 2.83 bits per heavy atom. The van der Waals surface area contributed by atoms with Crippen molar-refractivity contribution in [3.8, 4) is 0 Å². The van der Waals surface area contributed by atoms with E-state index in [2.05, 4.69) is 5.32 Å². The Balaban J connectivity index is 2.32. The number of para-hydroxylation sites is 1. The minimum absolute atomic E-state index is 0.278. The van der Waals surface area contributed by atoms with Gasteiger partial charge in [0.15, 0.2) is 5.54 Å². The Kier molecular flexibility index (Phi) is 3.52. The van der Waals surface area contributed by atoms with Crippen molar-refractivity contribution in [3.05, 3.63) is 30.1 Å². The summed E-state index contributed by atoms with van der Waals surface area (Å²) in [5.41, 5.74) is -0.739. The van der Waals surface area contributed by atoms with Crippen LogP contribution in [0.3, 0.4) is 0 Å². The first-order valence-electron chi connectivity index (χ1n) is 5.83. The standard InChI is InChI=1S/C13H16FNO3/c1-9-13(7-8-18-9,12(16)17-2)15-11-6-4-3-5-10(11)14/h3-6,9,15H,7-8H2,1-2H3. The quantitative estimate of drug-likeness (QED) is 0.836. The van der Waals surface area contributed by atoms with E-state index in [0.717, 1.165) is 0 Å². The van der Waals surface area contributed by atoms with Gasteiger partial charge in [-0.2, -0.15) is 0 Å². The predicted molar refractivity (Wildman–Crippen MR) is 64.8 cm³/mol. The molecule has 2 atom stereocenters. The fraction of sp³-hybridized carbons (Fsp3) is 0.462. The van der Waals surface area contributed by atoms with Crippen molar-refractivity contribution in [2.75, 3.05) is 19.0 Å². The van der Waals surface area contributed by atoms with Gasteiger partial charge in [-0.3, -0.25) is 0 Å². The van der Waals surface area contributed by atoms with Crippen molar-refractivity contribution in [2.45, 2.75) is 25.0 Å². The number of methoxy groups -OCH3 is 1. The highest BCUT2D eigenvalue weighted by Crippen LogP contribution is 2.32. The maximum absolute atomic E-state index is 13.7. The van der Waals surface area contributed by atoms with E-state index in [1.807, 2.05) is 0 Å². The Labute approximate surface area is 105 Å². The molecule has 1 N–H and O–H groups in total. The normalized spacial score (nSPS) is 26.9. The first-order valence-corrected chi connectivity index (χ1v) is 5.83. The van der Waals surface area contributed by atoms with Crippen LogP contribution in [0, 0.1) is 5.82 Å². The van der Waals surface area contributed by atoms with Crippen molar-refractivity contribution in [2.24, 2.45) is 0 Å². The lowest BCUT2D eigenvalue weighted by atomic mass is 9.91. The maximum Gasteiger partial charge on any atom is 0.334 e. The van der Waals surface area contributed by atoms with Gasteiger partial charge in [-0.05, 0) is 19.1 Å². The smallest absolute Gasteiger partial charge is 0.334 e. The van der Waals surface area contributed by atoms with Crippen LogP contribution in [0.4, 0.5) is 10.1 Å². The highest BCUT2D eigenvalue weighted by atomic mass is 19.1. The molecule has 0 radical (unpaired) electrons. The number of nitrogens with one attached hydrogen (secondary N) is 1. The topological polar surface area (TPSA) is 47.6 Å². The summed E-state index contributed by atoms with van der Waals surface area (Å²) in [6.07, 6.45) is 0.0828. The number of anilines is 1. The molecule has 0 bridgehead atoms. The number of rotatable bonds is 3. The Morgan fingerprint density at radius 1 is 1.56 bits per heavy atom. The lowest BCUT2D eigenvalue weighted by molar-refractivity contribution is -0.147. The third-order valence-electron chi connectivity index (χ3n) is 3.34. The van der Waals surface area contributed by atoms with E-state index in [0.29, 0.717) is 13.0 Å². The summed E-state index contributed by atoms with van der Waals surface area (Å²) in [6, 6.07) is 6.23. The van der Waals surface area contributed by atoms with Crippen LogP contribution in [0.25, 0.3) is 0 Å². The summed E-state index contributed by atoms with van der Waals surface area (Å²) in [7, 11) is 1.32. The number of hydrogen-bond acceptors (Lipinski definition) is 4. The molecule has 4 nitrogen and oxygen atoms in total. The molecule has 0 saturated carbocycles. The predicted octanol–water partition coefficient (Wildman–Crippen LogP) is 1.96. The summed E-state index contributed by atoms with van der Waals surface area (Å²) in [6.45, 7) is 2.22. The zero-order valence-corrected chi connectivity index (χ0v) is 10.4. The molecule has 1 fully saturated rings. The Morgan fingerprint density at radius 2 is 2.28 bits per heavy atom. The van der Waals surface area contributed by atoms with Gasteiger partial charge in [0.2, 0.25) is 0 Å².